The summed E-state index contributed by atoms with van der Waals surface area (Å²) in [4.78, 5) is 17.1. The molecule has 5 rings (SSSR count). The molecular formula is C24H17BrClN5O2S2. The number of benzene rings is 2. The topological polar surface area (TPSA) is 85.8 Å². The molecule has 3 heterocycles. The van der Waals surface area contributed by atoms with Crippen molar-refractivity contribution < 1.29 is 9.21 Å². The van der Waals surface area contributed by atoms with E-state index in [1.165, 1.54) is 23.1 Å². The molecule has 0 spiro atoms. The van der Waals surface area contributed by atoms with Gasteiger partial charge in [0, 0.05) is 32.4 Å². The van der Waals surface area contributed by atoms with Crippen LogP contribution in [0.5, 0.6) is 0 Å². The fraction of sp³-hybridized carbons (Fsp3) is 0.0833. The first kappa shape index (κ1) is 23.8. The number of allylic oxidation sites excluding steroid dienone is 1. The van der Waals surface area contributed by atoms with Gasteiger partial charge < -0.3 is 9.73 Å². The number of halogens is 2. The van der Waals surface area contributed by atoms with E-state index in [1.807, 2.05) is 58.5 Å². The molecule has 0 atom stereocenters. The van der Waals surface area contributed by atoms with Crippen LogP contribution >= 0.6 is 50.6 Å². The van der Waals surface area contributed by atoms with Gasteiger partial charge in [-0.25, -0.2) is 4.98 Å². The second kappa shape index (κ2) is 10.4. The molecule has 1 amide bonds. The van der Waals surface area contributed by atoms with Crippen molar-refractivity contribution in [2.75, 3.05) is 11.1 Å². The van der Waals surface area contributed by atoms with Gasteiger partial charge in [-0.15, -0.1) is 28.1 Å². The number of hydrogen-bond acceptors (Lipinski definition) is 7. The number of fused-ring (bicyclic) bond motifs is 1. The van der Waals surface area contributed by atoms with Crippen molar-refractivity contribution in [1.82, 2.24) is 19.7 Å². The monoisotopic (exact) mass is 585 g/mol. The predicted molar refractivity (Wildman–Crippen MR) is 145 cm³/mol. The van der Waals surface area contributed by atoms with Crippen molar-refractivity contribution in [3.63, 3.8) is 0 Å². The van der Waals surface area contributed by atoms with Gasteiger partial charge in [0.05, 0.1) is 11.4 Å². The SMILES string of the molecule is C=CCn1c(SCC(=O)Nc2nc(-c3ccc(Cl)cc3)cs2)nnc1-c1cc2cc(Br)ccc2o1. The van der Waals surface area contributed by atoms with Crippen molar-refractivity contribution in [2.24, 2.45) is 0 Å². The van der Waals surface area contributed by atoms with E-state index in [4.69, 9.17) is 16.0 Å². The average molecular weight is 587 g/mol. The highest BCUT2D eigenvalue weighted by molar-refractivity contribution is 9.10. The van der Waals surface area contributed by atoms with Gasteiger partial charge in [-0.3, -0.25) is 9.36 Å². The minimum absolute atomic E-state index is 0.151. The fourth-order valence-corrected chi connectivity index (χ4v) is 5.35. The molecule has 2 aromatic carbocycles. The van der Waals surface area contributed by atoms with E-state index in [0.29, 0.717) is 33.4 Å². The van der Waals surface area contributed by atoms with Gasteiger partial charge in [0.1, 0.15) is 5.58 Å². The Morgan fingerprint density at radius 2 is 2.06 bits per heavy atom. The van der Waals surface area contributed by atoms with Gasteiger partial charge in [-0.2, -0.15) is 0 Å². The molecule has 176 valence electrons. The van der Waals surface area contributed by atoms with Crippen molar-refractivity contribution >= 4 is 72.6 Å². The maximum absolute atomic E-state index is 12.6. The Morgan fingerprint density at radius 1 is 1.23 bits per heavy atom. The first-order chi connectivity index (χ1) is 17.0. The van der Waals surface area contributed by atoms with Crippen molar-refractivity contribution in [2.45, 2.75) is 11.7 Å². The Balaban J connectivity index is 1.28. The first-order valence-electron chi connectivity index (χ1n) is 10.4. The van der Waals surface area contributed by atoms with Crippen LogP contribution in [0.15, 0.2) is 80.6 Å². The highest BCUT2D eigenvalue weighted by atomic mass is 79.9. The van der Waals surface area contributed by atoms with E-state index in [2.05, 4.69) is 43.0 Å². The van der Waals surface area contributed by atoms with Crippen LogP contribution in [-0.4, -0.2) is 31.4 Å². The third kappa shape index (κ3) is 5.35. The summed E-state index contributed by atoms with van der Waals surface area (Å²) in [6, 6.07) is 15.1. The number of carbonyl (C=O) groups is 1. The Labute approximate surface area is 222 Å². The molecule has 0 aliphatic rings. The van der Waals surface area contributed by atoms with E-state index in [9.17, 15) is 4.79 Å². The lowest BCUT2D eigenvalue weighted by Gasteiger charge is -2.06. The van der Waals surface area contributed by atoms with Crippen molar-refractivity contribution in [1.29, 1.82) is 0 Å². The minimum Gasteiger partial charge on any atom is -0.453 e. The number of rotatable bonds is 8. The summed E-state index contributed by atoms with van der Waals surface area (Å²) in [7, 11) is 0. The molecule has 1 N–H and O–H groups in total. The van der Waals surface area contributed by atoms with Crippen LogP contribution in [0.2, 0.25) is 5.02 Å². The predicted octanol–water partition coefficient (Wildman–Crippen LogP) is 7.15. The van der Waals surface area contributed by atoms with Crippen LogP contribution in [-0.2, 0) is 11.3 Å². The number of nitrogens with zero attached hydrogens (tertiary/aromatic N) is 4. The maximum atomic E-state index is 12.6. The Bertz CT molecular complexity index is 1530. The summed E-state index contributed by atoms with van der Waals surface area (Å²) in [5.74, 6) is 1.14. The van der Waals surface area contributed by atoms with E-state index in [0.717, 1.165) is 26.7 Å². The third-order valence-corrected chi connectivity index (χ3v) is 7.42. The molecule has 0 aliphatic carbocycles. The lowest BCUT2D eigenvalue weighted by molar-refractivity contribution is -0.113. The zero-order valence-electron chi connectivity index (χ0n) is 18.1. The van der Waals surface area contributed by atoms with Crippen molar-refractivity contribution in [3.8, 4) is 22.8 Å². The quantitative estimate of drug-likeness (QED) is 0.154. The number of nitrogens with one attached hydrogen (secondary N) is 1. The first-order valence-corrected chi connectivity index (χ1v) is 13.4. The number of carbonyl (C=O) groups excluding carboxylic acids is 1. The molecule has 0 bridgehead atoms. The van der Waals surface area contributed by atoms with Gasteiger partial charge >= 0.3 is 0 Å². The summed E-state index contributed by atoms with van der Waals surface area (Å²) in [6.45, 7) is 4.31. The summed E-state index contributed by atoms with van der Waals surface area (Å²) >= 11 is 12.1. The Morgan fingerprint density at radius 3 is 2.86 bits per heavy atom. The van der Waals surface area contributed by atoms with Gasteiger partial charge in [0.15, 0.2) is 16.0 Å². The van der Waals surface area contributed by atoms with E-state index in [-0.39, 0.29) is 11.7 Å². The number of hydrogen-bond donors (Lipinski definition) is 1. The van der Waals surface area contributed by atoms with Gasteiger partial charge in [0.2, 0.25) is 11.7 Å². The van der Waals surface area contributed by atoms with Crippen LogP contribution in [0, 0.1) is 0 Å². The number of aromatic nitrogens is 4. The second-order valence-electron chi connectivity index (χ2n) is 7.38. The number of anilines is 1. The molecule has 0 saturated carbocycles. The Kier molecular flexibility index (Phi) is 7.05. The van der Waals surface area contributed by atoms with Crippen LogP contribution in [0.25, 0.3) is 33.8 Å². The highest BCUT2D eigenvalue weighted by Gasteiger charge is 2.19. The van der Waals surface area contributed by atoms with Crippen LogP contribution in [0.3, 0.4) is 0 Å². The largest absolute Gasteiger partial charge is 0.453 e. The summed E-state index contributed by atoms with van der Waals surface area (Å²) in [5.41, 5.74) is 2.47. The van der Waals surface area contributed by atoms with E-state index in [1.54, 1.807) is 6.08 Å². The van der Waals surface area contributed by atoms with Crippen LogP contribution < -0.4 is 5.32 Å². The smallest absolute Gasteiger partial charge is 0.236 e. The maximum Gasteiger partial charge on any atom is 0.236 e. The molecule has 0 radical (unpaired) electrons. The molecule has 11 heteroatoms. The lowest BCUT2D eigenvalue weighted by atomic mass is 10.2. The van der Waals surface area contributed by atoms with Crippen molar-refractivity contribution in [3.05, 3.63) is 76.1 Å². The third-order valence-electron chi connectivity index (χ3n) is 4.95. The van der Waals surface area contributed by atoms with Crippen LogP contribution in [0.1, 0.15) is 0 Å². The summed E-state index contributed by atoms with van der Waals surface area (Å²) in [5, 5.41) is 16.1. The molecule has 35 heavy (non-hydrogen) atoms. The van der Waals surface area contributed by atoms with Gasteiger partial charge in [0.25, 0.3) is 0 Å². The molecule has 5 aromatic rings. The highest BCUT2D eigenvalue weighted by Crippen LogP contribution is 2.31. The molecule has 0 saturated heterocycles. The minimum atomic E-state index is -0.185. The normalized spacial score (nSPS) is 11.1. The molecular weight excluding hydrogens is 570 g/mol. The number of thioether (sulfide) groups is 1. The molecule has 7 nitrogen and oxygen atoms in total. The van der Waals surface area contributed by atoms with Gasteiger partial charge in [-0.1, -0.05) is 57.5 Å². The van der Waals surface area contributed by atoms with Crippen LogP contribution in [0.4, 0.5) is 5.13 Å². The standard InChI is InChI=1S/C24H17BrClN5O2S2/c1-2-9-31-22(20-11-15-10-16(25)5-8-19(15)33-20)29-30-24(31)35-13-21(32)28-23-27-18(12-34-23)14-3-6-17(26)7-4-14/h2-8,10-12H,1,9,13H2,(H,27,28,32). The summed E-state index contributed by atoms with van der Waals surface area (Å²) in [6.07, 6.45) is 1.75. The zero-order chi connectivity index (χ0) is 24.4. The number of furan rings is 1. The zero-order valence-corrected chi connectivity index (χ0v) is 22.0. The molecule has 0 aliphatic heterocycles. The average Bonchev–Trinajstić information content (AvgIpc) is 3.57. The van der Waals surface area contributed by atoms with Gasteiger partial charge in [-0.05, 0) is 36.4 Å². The number of amides is 1. The fourth-order valence-electron chi connectivity index (χ4n) is 3.37. The second-order valence-corrected chi connectivity index (χ2v) is 10.5. The lowest BCUT2D eigenvalue weighted by Crippen LogP contribution is -2.14. The van der Waals surface area contributed by atoms with E-state index >= 15 is 0 Å². The Hall–Kier alpha value is -2.92. The number of thiazole rings is 1. The molecule has 0 fully saturated rings. The van der Waals surface area contributed by atoms with E-state index < -0.39 is 0 Å². The molecule has 0 unspecified atom stereocenters. The summed E-state index contributed by atoms with van der Waals surface area (Å²) < 4.78 is 8.82. The molecule has 3 aromatic heterocycles.